The zero-order chi connectivity index (χ0) is 13.3. The summed E-state index contributed by atoms with van der Waals surface area (Å²) in [6, 6.07) is 1.61. The van der Waals surface area contributed by atoms with Crippen LogP contribution in [0, 0.1) is 0 Å². The number of thioether (sulfide) groups is 1. The largest absolute Gasteiger partial charge is 0.394 e. The molecule has 0 bridgehead atoms. The molecule has 1 aliphatic rings. The summed E-state index contributed by atoms with van der Waals surface area (Å²) >= 11 is 1.32. The van der Waals surface area contributed by atoms with Crippen molar-refractivity contribution in [2.24, 2.45) is 0 Å². The van der Waals surface area contributed by atoms with Gasteiger partial charge in [0.15, 0.2) is 6.23 Å². The number of aromatic nitrogens is 2. The van der Waals surface area contributed by atoms with Crippen molar-refractivity contribution in [3.63, 3.8) is 0 Å². The molecule has 1 aliphatic heterocycles. The van der Waals surface area contributed by atoms with E-state index in [1.54, 1.807) is 12.3 Å². The van der Waals surface area contributed by atoms with Crippen molar-refractivity contribution >= 4 is 11.8 Å². The molecule has 0 amide bonds. The van der Waals surface area contributed by atoms with Gasteiger partial charge in [0.05, 0.1) is 6.61 Å². The van der Waals surface area contributed by atoms with Gasteiger partial charge in [-0.2, -0.15) is 4.98 Å². The normalized spacial score (nSPS) is 31.8. The van der Waals surface area contributed by atoms with Gasteiger partial charge in [0.25, 0.3) is 0 Å². The molecule has 8 heteroatoms. The Morgan fingerprint density at radius 1 is 1.50 bits per heavy atom. The van der Waals surface area contributed by atoms with Crippen LogP contribution in [0.25, 0.3) is 0 Å². The third-order valence-electron chi connectivity index (χ3n) is 2.80. The number of nitrogens with zero attached hydrogens (tertiary/aromatic N) is 2. The fourth-order valence-corrected chi connectivity index (χ4v) is 2.18. The zero-order valence-corrected chi connectivity index (χ0v) is 10.4. The second-order valence-electron chi connectivity index (χ2n) is 3.89. The van der Waals surface area contributed by atoms with Crippen LogP contribution in [-0.2, 0) is 4.74 Å². The lowest BCUT2D eigenvalue weighted by atomic mass is 10.1. The first kappa shape index (κ1) is 13.5. The maximum absolute atomic E-state index is 11.7. The van der Waals surface area contributed by atoms with Crippen LogP contribution in [0.1, 0.15) is 6.23 Å². The first-order valence-corrected chi connectivity index (χ1v) is 6.56. The van der Waals surface area contributed by atoms with E-state index in [1.165, 1.54) is 18.0 Å². The summed E-state index contributed by atoms with van der Waals surface area (Å²) in [6.45, 7) is -0.431. The first-order valence-electron chi connectivity index (χ1n) is 5.34. The number of ether oxygens (including phenoxy) is 1. The number of hydrogen-bond acceptors (Lipinski definition) is 7. The monoisotopic (exact) mass is 274 g/mol. The van der Waals surface area contributed by atoms with Crippen LogP contribution in [0.15, 0.2) is 22.1 Å². The van der Waals surface area contributed by atoms with Crippen molar-refractivity contribution in [1.29, 1.82) is 0 Å². The lowest BCUT2D eigenvalue weighted by Gasteiger charge is -2.16. The fourth-order valence-electron chi connectivity index (χ4n) is 1.81. The standard InChI is InChI=1S/C10H14N2O5S/c1-18-6-2-3-12(10(16)11-6)9-8(15)7(14)5(4-13)17-9/h2-3,5,7-9,13-15H,4H2,1H3/t5-,7-,8-,9-/m1/s1. The minimum Gasteiger partial charge on any atom is -0.394 e. The molecule has 1 fully saturated rings. The Labute approximate surface area is 107 Å². The fraction of sp³-hybridized carbons (Fsp3) is 0.600. The molecule has 18 heavy (non-hydrogen) atoms. The van der Waals surface area contributed by atoms with Crippen LogP contribution >= 0.6 is 11.8 Å². The summed E-state index contributed by atoms with van der Waals surface area (Å²) in [4.78, 5) is 15.5. The quantitative estimate of drug-likeness (QED) is 0.459. The SMILES string of the molecule is CSc1ccn([C@@H]2O[C@H](CO)[C@@H](O)[C@H]2O)c(=O)n1. The van der Waals surface area contributed by atoms with Crippen molar-refractivity contribution in [2.75, 3.05) is 12.9 Å². The Balaban J connectivity index is 2.30. The lowest BCUT2D eigenvalue weighted by Crippen LogP contribution is -2.36. The van der Waals surface area contributed by atoms with Gasteiger partial charge < -0.3 is 20.1 Å². The van der Waals surface area contributed by atoms with E-state index in [1.807, 2.05) is 0 Å². The van der Waals surface area contributed by atoms with Crippen molar-refractivity contribution in [3.8, 4) is 0 Å². The Morgan fingerprint density at radius 2 is 2.22 bits per heavy atom. The first-order chi connectivity index (χ1) is 8.58. The molecule has 7 nitrogen and oxygen atoms in total. The molecule has 3 N–H and O–H groups in total. The molecular formula is C10H14N2O5S. The predicted octanol–water partition coefficient (Wildman–Crippen LogP) is -1.42. The van der Waals surface area contributed by atoms with Gasteiger partial charge in [-0.1, -0.05) is 0 Å². The summed E-state index contributed by atoms with van der Waals surface area (Å²) in [5.74, 6) is 0. The average Bonchev–Trinajstić information content (AvgIpc) is 2.66. The zero-order valence-electron chi connectivity index (χ0n) is 9.63. The summed E-state index contributed by atoms with van der Waals surface area (Å²) in [6.07, 6.45) is -1.21. The molecule has 1 aromatic heterocycles. The van der Waals surface area contributed by atoms with Crippen molar-refractivity contribution < 1.29 is 20.1 Å². The molecule has 0 unspecified atom stereocenters. The molecule has 0 saturated carbocycles. The molecule has 0 spiro atoms. The Hall–Kier alpha value is -0.930. The molecule has 0 aromatic carbocycles. The van der Waals surface area contributed by atoms with Crippen LogP contribution in [0.4, 0.5) is 0 Å². The van der Waals surface area contributed by atoms with E-state index < -0.39 is 36.8 Å². The predicted molar refractivity (Wildman–Crippen MR) is 63.3 cm³/mol. The average molecular weight is 274 g/mol. The van der Waals surface area contributed by atoms with Gasteiger partial charge in [0, 0.05) is 6.20 Å². The highest BCUT2D eigenvalue weighted by Gasteiger charge is 2.43. The second-order valence-corrected chi connectivity index (χ2v) is 4.72. The van der Waals surface area contributed by atoms with Gasteiger partial charge in [-0.25, -0.2) is 4.79 Å². The minimum atomic E-state index is -1.28. The maximum atomic E-state index is 11.7. The summed E-state index contributed by atoms with van der Waals surface area (Å²) in [5, 5.41) is 28.9. The number of hydrogen-bond donors (Lipinski definition) is 3. The lowest BCUT2D eigenvalue weighted by molar-refractivity contribution is -0.0551. The molecule has 1 saturated heterocycles. The topological polar surface area (TPSA) is 105 Å². The minimum absolute atomic E-state index is 0.431. The molecule has 0 aliphatic carbocycles. The van der Waals surface area contributed by atoms with Crippen molar-refractivity contribution in [1.82, 2.24) is 9.55 Å². The van der Waals surface area contributed by atoms with Gasteiger partial charge in [-0.05, 0) is 12.3 Å². The van der Waals surface area contributed by atoms with Crippen LogP contribution in [0.3, 0.4) is 0 Å². The van der Waals surface area contributed by atoms with E-state index >= 15 is 0 Å². The molecule has 2 rings (SSSR count). The highest BCUT2D eigenvalue weighted by molar-refractivity contribution is 7.98. The Kier molecular flexibility index (Phi) is 4.03. The van der Waals surface area contributed by atoms with E-state index in [4.69, 9.17) is 9.84 Å². The van der Waals surface area contributed by atoms with E-state index in [2.05, 4.69) is 4.98 Å². The van der Waals surface area contributed by atoms with E-state index in [-0.39, 0.29) is 0 Å². The smallest absolute Gasteiger partial charge is 0.350 e. The third kappa shape index (κ3) is 2.29. The number of rotatable bonds is 3. The summed E-state index contributed by atoms with van der Waals surface area (Å²) in [7, 11) is 0. The molecule has 100 valence electrons. The molecule has 2 heterocycles. The van der Waals surface area contributed by atoms with Crippen LogP contribution in [-0.4, -0.2) is 56.0 Å². The molecular weight excluding hydrogens is 260 g/mol. The van der Waals surface area contributed by atoms with Gasteiger partial charge in [0.1, 0.15) is 23.3 Å². The second kappa shape index (κ2) is 5.37. The molecule has 1 aromatic rings. The number of aliphatic hydroxyl groups is 3. The Morgan fingerprint density at radius 3 is 2.72 bits per heavy atom. The number of aliphatic hydroxyl groups excluding tert-OH is 3. The maximum Gasteiger partial charge on any atom is 0.350 e. The van der Waals surface area contributed by atoms with Gasteiger partial charge in [-0.15, -0.1) is 11.8 Å². The van der Waals surface area contributed by atoms with Gasteiger partial charge in [0.2, 0.25) is 0 Å². The molecule has 0 radical (unpaired) electrons. The van der Waals surface area contributed by atoms with Gasteiger partial charge >= 0.3 is 5.69 Å². The summed E-state index contributed by atoms with van der Waals surface area (Å²) in [5.41, 5.74) is -0.573. The molecule has 4 atom stereocenters. The highest BCUT2D eigenvalue weighted by atomic mass is 32.2. The van der Waals surface area contributed by atoms with Crippen molar-refractivity contribution in [3.05, 3.63) is 22.7 Å². The van der Waals surface area contributed by atoms with Crippen molar-refractivity contribution in [2.45, 2.75) is 29.6 Å². The highest BCUT2D eigenvalue weighted by Crippen LogP contribution is 2.28. The van der Waals surface area contributed by atoms with Crippen LogP contribution in [0.2, 0.25) is 0 Å². The van der Waals surface area contributed by atoms with E-state index in [9.17, 15) is 15.0 Å². The van der Waals surface area contributed by atoms with Crippen LogP contribution in [0.5, 0.6) is 0 Å². The summed E-state index contributed by atoms with van der Waals surface area (Å²) < 4.78 is 6.34. The van der Waals surface area contributed by atoms with Crippen LogP contribution < -0.4 is 5.69 Å². The van der Waals surface area contributed by atoms with E-state index in [0.717, 1.165) is 4.57 Å². The Bertz CT molecular complexity index is 480. The van der Waals surface area contributed by atoms with Gasteiger partial charge in [-0.3, -0.25) is 4.57 Å². The third-order valence-corrected chi connectivity index (χ3v) is 3.45. The van der Waals surface area contributed by atoms with E-state index in [0.29, 0.717) is 5.03 Å².